The number of carbonyl (C=O) groups is 1. The van der Waals surface area contributed by atoms with E-state index in [0.29, 0.717) is 24.3 Å². The second kappa shape index (κ2) is 7.57. The molecule has 0 fully saturated rings. The SMILES string of the molecule is CCN(CCO)C(=O)c1c(C)nn(Cc2ccc(F)cc2)c1Cl. The van der Waals surface area contributed by atoms with Crippen molar-refractivity contribution in [3.8, 4) is 0 Å². The van der Waals surface area contributed by atoms with Crippen LogP contribution in [-0.2, 0) is 6.54 Å². The summed E-state index contributed by atoms with van der Waals surface area (Å²) in [6.07, 6.45) is 0. The van der Waals surface area contributed by atoms with E-state index in [-0.39, 0.29) is 30.0 Å². The molecule has 1 amide bonds. The molecule has 5 nitrogen and oxygen atoms in total. The first kappa shape index (κ1) is 17.4. The average molecular weight is 340 g/mol. The molecule has 2 rings (SSSR count). The second-order valence-corrected chi connectivity index (χ2v) is 5.50. The van der Waals surface area contributed by atoms with Crippen LogP contribution in [0.25, 0.3) is 0 Å². The lowest BCUT2D eigenvalue weighted by Crippen LogP contribution is -2.33. The van der Waals surface area contributed by atoms with E-state index in [0.717, 1.165) is 5.56 Å². The molecule has 1 heterocycles. The molecular weight excluding hydrogens is 321 g/mol. The van der Waals surface area contributed by atoms with E-state index >= 15 is 0 Å². The van der Waals surface area contributed by atoms with E-state index < -0.39 is 0 Å². The molecule has 124 valence electrons. The minimum absolute atomic E-state index is 0.111. The molecule has 1 aromatic carbocycles. The molecule has 0 aliphatic rings. The Morgan fingerprint density at radius 3 is 2.61 bits per heavy atom. The first-order chi connectivity index (χ1) is 11.0. The molecule has 0 bridgehead atoms. The number of benzene rings is 1. The topological polar surface area (TPSA) is 58.4 Å². The Labute approximate surface area is 139 Å². The van der Waals surface area contributed by atoms with Crippen molar-refractivity contribution in [2.24, 2.45) is 0 Å². The van der Waals surface area contributed by atoms with Gasteiger partial charge in [0.05, 0.1) is 24.4 Å². The van der Waals surface area contributed by atoms with Crippen LogP contribution in [0.4, 0.5) is 4.39 Å². The van der Waals surface area contributed by atoms with Gasteiger partial charge in [0, 0.05) is 13.1 Å². The lowest BCUT2D eigenvalue weighted by atomic mass is 10.2. The van der Waals surface area contributed by atoms with Crippen molar-refractivity contribution in [1.29, 1.82) is 0 Å². The van der Waals surface area contributed by atoms with Crippen LogP contribution in [-0.4, -0.2) is 45.4 Å². The summed E-state index contributed by atoms with van der Waals surface area (Å²) in [5.41, 5.74) is 1.69. The monoisotopic (exact) mass is 339 g/mol. The number of aromatic nitrogens is 2. The van der Waals surface area contributed by atoms with Gasteiger partial charge in [0.2, 0.25) is 0 Å². The highest BCUT2D eigenvalue weighted by Gasteiger charge is 2.24. The number of likely N-dealkylation sites (N-methyl/N-ethyl adjacent to an activating group) is 1. The molecule has 1 N–H and O–H groups in total. The summed E-state index contributed by atoms with van der Waals surface area (Å²) >= 11 is 6.32. The molecule has 2 aromatic rings. The van der Waals surface area contributed by atoms with Crippen molar-refractivity contribution in [2.45, 2.75) is 20.4 Å². The summed E-state index contributed by atoms with van der Waals surface area (Å²) in [7, 11) is 0. The molecule has 0 radical (unpaired) electrons. The molecule has 23 heavy (non-hydrogen) atoms. The fraction of sp³-hybridized carbons (Fsp3) is 0.375. The zero-order valence-corrected chi connectivity index (χ0v) is 13.8. The van der Waals surface area contributed by atoms with E-state index in [1.165, 1.54) is 21.7 Å². The van der Waals surface area contributed by atoms with Crippen molar-refractivity contribution in [2.75, 3.05) is 19.7 Å². The largest absolute Gasteiger partial charge is 0.395 e. The fourth-order valence-corrected chi connectivity index (χ4v) is 2.66. The summed E-state index contributed by atoms with van der Waals surface area (Å²) in [4.78, 5) is 14.1. The van der Waals surface area contributed by atoms with Crippen LogP contribution in [0.5, 0.6) is 0 Å². The predicted octanol–water partition coefficient (Wildman–Crippen LogP) is 2.49. The van der Waals surface area contributed by atoms with Gasteiger partial charge < -0.3 is 10.0 Å². The lowest BCUT2D eigenvalue weighted by Gasteiger charge is -2.19. The molecular formula is C16H19ClFN3O2. The Morgan fingerprint density at radius 2 is 2.04 bits per heavy atom. The van der Waals surface area contributed by atoms with Crippen LogP contribution in [0, 0.1) is 12.7 Å². The van der Waals surface area contributed by atoms with Crippen molar-refractivity contribution in [3.63, 3.8) is 0 Å². The fourth-order valence-electron chi connectivity index (χ4n) is 2.35. The first-order valence-electron chi connectivity index (χ1n) is 7.35. The van der Waals surface area contributed by atoms with E-state index in [1.54, 1.807) is 19.1 Å². The van der Waals surface area contributed by atoms with E-state index in [4.69, 9.17) is 16.7 Å². The second-order valence-electron chi connectivity index (χ2n) is 5.14. The summed E-state index contributed by atoms with van der Waals surface area (Å²) < 4.78 is 14.5. The third kappa shape index (κ3) is 3.89. The van der Waals surface area contributed by atoms with Crippen LogP contribution in [0.3, 0.4) is 0 Å². The number of halogens is 2. The molecule has 7 heteroatoms. The van der Waals surface area contributed by atoms with Gasteiger partial charge in [-0.3, -0.25) is 4.79 Å². The maximum absolute atomic E-state index is 13.0. The van der Waals surface area contributed by atoms with Crippen molar-refractivity contribution >= 4 is 17.5 Å². The summed E-state index contributed by atoms with van der Waals surface area (Å²) in [6, 6.07) is 6.03. The molecule has 0 atom stereocenters. The Morgan fingerprint density at radius 1 is 1.39 bits per heavy atom. The zero-order chi connectivity index (χ0) is 17.0. The van der Waals surface area contributed by atoms with Crippen LogP contribution in [0.15, 0.2) is 24.3 Å². The van der Waals surface area contributed by atoms with Crippen LogP contribution >= 0.6 is 11.6 Å². The van der Waals surface area contributed by atoms with E-state index in [1.807, 2.05) is 6.92 Å². The van der Waals surface area contributed by atoms with Crippen molar-refractivity contribution in [3.05, 3.63) is 52.1 Å². The third-order valence-electron chi connectivity index (χ3n) is 3.56. The van der Waals surface area contributed by atoms with Gasteiger partial charge in [0.1, 0.15) is 11.0 Å². The van der Waals surface area contributed by atoms with Crippen LogP contribution < -0.4 is 0 Å². The highest BCUT2D eigenvalue weighted by atomic mass is 35.5. The summed E-state index contributed by atoms with van der Waals surface area (Å²) in [6.45, 7) is 4.50. The lowest BCUT2D eigenvalue weighted by molar-refractivity contribution is 0.0731. The summed E-state index contributed by atoms with van der Waals surface area (Å²) in [5, 5.41) is 13.6. The number of carbonyl (C=O) groups excluding carboxylic acids is 1. The minimum Gasteiger partial charge on any atom is -0.395 e. The smallest absolute Gasteiger partial charge is 0.258 e. The minimum atomic E-state index is -0.310. The number of hydrogen-bond acceptors (Lipinski definition) is 3. The summed E-state index contributed by atoms with van der Waals surface area (Å²) in [5.74, 6) is -0.565. The number of nitrogens with zero attached hydrogens (tertiary/aromatic N) is 3. The quantitative estimate of drug-likeness (QED) is 0.879. The molecule has 0 spiro atoms. The van der Waals surface area contributed by atoms with Gasteiger partial charge in [-0.2, -0.15) is 5.10 Å². The number of aryl methyl sites for hydroxylation is 1. The average Bonchev–Trinajstić information content (AvgIpc) is 2.80. The Bertz CT molecular complexity index is 685. The Hall–Kier alpha value is -1.92. The van der Waals surface area contributed by atoms with Crippen LogP contribution in [0.1, 0.15) is 28.5 Å². The Kier molecular flexibility index (Phi) is 5.74. The number of aliphatic hydroxyl groups excluding tert-OH is 1. The van der Waals surface area contributed by atoms with Gasteiger partial charge in [0.25, 0.3) is 5.91 Å². The Balaban J connectivity index is 2.28. The molecule has 0 unspecified atom stereocenters. The molecule has 0 aliphatic carbocycles. The zero-order valence-electron chi connectivity index (χ0n) is 13.1. The molecule has 0 saturated carbocycles. The van der Waals surface area contributed by atoms with Gasteiger partial charge in [0.15, 0.2) is 0 Å². The maximum Gasteiger partial charge on any atom is 0.258 e. The number of aliphatic hydroxyl groups is 1. The van der Waals surface area contributed by atoms with Crippen LogP contribution in [0.2, 0.25) is 5.15 Å². The third-order valence-corrected chi connectivity index (χ3v) is 3.95. The first-order valence-corrected chi connectivity index (χ1v) is 7.73. The van der Waals surface area contributed by atoms with Gasteiger partial charge in [-0.05, 0) is 31.5 Å². The van der Waals surface area contributed by atoms with Crippen molar-refractivity contribution in [1.82, 2.24) is 14.7 Å². The van der Waals surface area contributed by atoms with Gasteiger partial charge in [-0.15, -0.1) is 0 Å². The van der Waals surface area contributed by atoms with Gasteiger partial charge in [-0.1, -0.05) is 23.7 Å². The normalized spacial score (nSPS) is 10.8. The highest BCUT2D eigenvalue weighted by Crippen LogP contribution is 2.22. The maximum atomic E-state index is 13.0. The van der Waals surface area contributed by atoms with E-state index in [9.17, 15) is 9.18 Å². The predicted molar refractivity (Wildman–Crippen MR) is 86.1 cm³/mol. The molecule has 0 aliphatic heterocycles. The van der Waals surface area contributed by atoms with E-state index in [2.05, 4.69) is 5.10 Å². The number of amides is 1. The van der Waals surface area contributed by atoms with Gasteiger partial charge in [-0.25, -0.2) is 9.07 Å². The van der Waals surface area contributed by atoms with Crippen molar-refractivity contribution < 1.29 is 14.3 Å². The number of rotatable bonds is 6. The number of hydrogen-bond donors (Lipinski definition) is 1. The molecule has 1 aromatic heterocycles. The van der Waals surface area contributed by atoms with Gasteiger partial charge >= 0.3 is 0 Å². The standard InChI is InChI=1S/C16H19ClFN3O2/c1-3-20(8-9-22)16(23)14-11(2)19-21(15(14)17)10-12-4-6-13(18)7-5-12/h4-7,22H,3,8-10H2,1-2H3. The molecule has 0 saturated heterocycles. The highest BCUT2D eigenvalue weighted by molar-refractivity contribution is 6.33.